The van der Waals surface area contributed by atoms with Crippen LogP contribution in [0, 0.1) is 11.7 Å². The van der Waals surface area contributed by atoms with E-state index in [4.69, 9.17) is 9.47 Å². The predicted octanol–water partition coefficient (Wildman–Crippen LogP) is 2.16. The third kappa shape index (κ3) is 5.17. The SMILES string of the molecule is COCCOc1cc(CC(NC=O)C(C)C)ccc1F. The van der Waals surface area contributed by atoms with Crippen LogP contribution in [-0.2, 0) is 16.0 Å². The van der Waals surface area contributed by atoms with E-state index in [-0.39, 0.29) is 11.8 Å². The second-order valence-corrected chi connectivity index (χ2v) is 4.95. The quantitative estimate of drug-likeness (QED) is 0.558. The van der Waals surface area contributed by atoms with Gasteiger partial charge >= 0.3 is 0 Å². The Hall–Kier alpha value is -1.62. The maximum Gasteiger partial charge on any atom is 0.207 e. The lowest BCUT2D eigenvalue weighted by molar-refractivity contribution is -0.110. The van der Waals surface area contributed by atoms with Crippen LogP contribution in [0.25, 0.3) is 0 Å². The van der Waals surface area contributed by atoms with Crippen LogP contribution in [-0.4, -0.2) is 32.8 Å². The number of amides is 1. The first-order chi connectivity index (χ1) is 9.58. The maximum absolute atomic E-state index is 13.6. The van der Waals surface area contributed by atoms with E-state index in [0.29, 0.717) is 32.0 Å². The molecule has 0 aliphatic heterocycles. The van der Waals surface area contributed by atoms with Crippen LogP contribution < -0.4 is 10.1 Å². The van der Waals surface area contributed by atoms with Crippen molar-refractivity contribution in [3.8, 4) is 5.75 Å². The zero-order valence-electron chi connectivity index (χ0n) is 12.2. The molecule has 20 heavy (non-hydrogen) atoms. The van der Waals surface area contributed by atoms with Crippen LogP contribution >= 0.6 is 0 Å². The molecule has 0 aromatic heterocycles. The number of methoxy groups -OCH3 is 1. The highest BCUT2D eigenvalue weighted by atomic mass is 19.1. The zero-order valence-corrected chi connectivity index (χ0v) is 12.2. The van der Waals surface area contributed by atoms with Gasteiger partial charge in [0.2, 0.25) is 6.41 Å². The standard InChI is InChI=1S/C15H22FNO3/c1-11(2)14(17-10-18)8-12-4-5-13(16)15(9-12)20-7-6-19-3/h4-5,9-11,14H,6-8H2,1-3H3,(H,17,18). The van der Waals surface area contributed by atoms with Gasteiger partial charge in [-0.05, 0) is 30.0 Å². The van der Waals surface area contributed by atoms with Crippen molar-refractivity contribution in [2.24, 2.45) is 5.92 Å². The van der Waals surface area contributed by atoms with Gasteiger partial charge in [-0.15, -0.1) is 0 Å². The van der Waals surface area contributed by atoms with Crippen molar-refractivity contribution in [1.82, 2.24) is 5.32 Å². The minimum atomic E-state index is -0.394. The number of hydrogen-bond donors (Lipinski definition) is 1. The number of ether oxygens (including phenoxy) is 2. The van der Waals surface area contributed by atoms with Crippen molar-refractivity contribution in [3.05, 3.63) is 29.6 Å². The molecular weight excluding hydrogens is 261 g/mol. The fourth-order valence-electron chi connectivity index (χ4n) is 1.85. The topological polar surface area (TPSA) is 47.6 Å². The lowest BCUT2D eigenvalue weighted by Gasteiger charge is -2.20. The van der Waals surface area contributed by atoms with Crippen molar-refractivity contribution >= 4 is 6.41 Å². The molecule has 0 spiro atoms. The van der Waals surface area contributed by atoms with Crippen LogP contribution in [0.3, 0.4) is 0 Å². The van der Waals surface area contributed by atoms with Gasteiger partial charge in [0.05, 0.1) is 6.61 Å². The van der Waals surface area contributed by atoms with Gasteiger partial charge < -0.3 is 14.8 Å². The van der Waals surface area contributed by atoms with E-state index >= 15 is 0 Å². The molecule has 0 bridgehead atoms. The number of rotatable bonds is 9. The highest BCUT2D eigenvalue weighted by molar-refractivity contribution is 5.47. The Kier molecular flexibility index (Phi) is 7.01. The summed E-state index contributed by atoms with van der Waals surface area (Å²) in [4.78, 5) is 10.6. The summed E-state index contributed by atoms with van der Waals surface area (Å²) in [5, 5.41) is 2.78. The molecule has 0 heterocycles. The minimum Gasteiger partial charge on any atom is -0.488 e. The van der Waals surface area contributed by atoms with Crippen LogP contribution in [0.2, 0.25) is 0 Å². The Morgan fingerprint density at radius 1 is 1.35 bits per heavy atom. The number of benzene rings is 1. The maximum atomic E-state index is 13.6. The fraction of sp³-hybridized carbons (Fsp3) is 0.533. The van der Waals surface area contributed by atoms with Gasteiger partial charge in [0, 0.05) is 13.2 Å². The summed E-state index contributed by atoms with van der Waals surface area (Å²) >= 11 is 0. The molecule has 1 aromatic rings. The molecule has 0 saturated heterocycles. The van der Waals surface area contributed by atoms with E-state index in [1.54, 1.807) is 19.2 Å². The normalized spacial score (nSPS) is 12.2. The largest absolute Gasteiger partial charge is 0.488 e. The molecule has 0 radical (unpaired) electrons. The summed E-state index contributed by atoms with van der Waals surface area (Å²) in [7, 11) is 1.56. The summed E-state index contributed by atoms with van der Waals surface area (Å²) in [5.74, 6) is 0.116. The van der Waals surface area contributed by atoms with Gasteiger partial charge in [-0.3, -0.25) is 4.79 Å². The number of hydrogen-bond acceptors (Lipinski definition) is 3. The first kappa shape index (κ1) is 16.4. The molecule has 112 valence electrons. The van der Waals surface area contributed by atoms with Crippen molar-refractivity contribution in [2.75, 3.05) is 20.3 Å². The summed E-state index contributed by atoms with van der Waals surface area (Å²) in [6, 6.07) is 4.79. The first-order valence-corrected chi connectivity index (χ1v) is 6.68. The second-order valence-electron chi connectivity index (χ2n) is 4.95. The predicted molar refractivity (Wildman–Crippen MR) is 75.3 cm³/mol. The summed E-state index contributed by atoms with van der Waals surface area (Å²) < 4.78 is 23.8. The van der Waals surface area contributed by atoms with Gasteiger partial charge in [0.25, 0.3) is 0 Å². The Bertz CT molecular complexity index is 424. The van der Waals surface area contributed by atoms with Gasteiger partial charge in [-0.25, -0.2) is 4.39 Å². The molecule has 1 aromatic carbocycles. The molecule has 0 fully saturated rings. The van der Waals surface area contributed by atoms with Crippen LogP contribution in [0.4, 0.5) is 4.39 Å². The summed E-state index contributed by atoms with van der Waals surface area (Å²) in [6.45, 7) is 4.77. The molecule has 1 unspecified atom stereocenters. The monoisotopic (exact) mass is 283 g/mol. The third-order valence-electron chi connectivity index (χ3n) is 3.08. The van der Waals surface area contributed by atoms with E-state index in [9.17, 15) is 9.18 Å². The van der Waals surface area contributed by atoms with E-state index in [1.807, 2.05) is 13.8 Å². The average Bonchev–Trinajstić information content (AvgIpc) is 2.41. The lowest BCUT2D eigenvalue weighted by Crippen LogP contribution is -2.34. The van der Waals surface area contributed by atoms with Gasteiger partial charge in [0.1, 0.15) is 6.61 Å². The molecule has 0 saturated carbocycles. The van der Waals surface area contributed by atoms with E-state index in [2.05, 4.69) is 5.32 Å². The van der Waals surface area contributed by atoms with Crippen molar-refractivity contribution in [3.63, 3.8) is 0 Å². The van der Waals surface area contributed by atoms with E-state index < -0.39 is 5.82 Å². The summed E-state index contributed by atoms with van der Waals surface area (Å²) in [6.07, 6.45) is 1.33. The molecule has 1 amide bonds. The average molecular weight is 283 g/mol. The highest BCUT2D eigenvalue weighted by Crippen LogP contribution is 2.21. The summed E-state index contributed by atoms with van der Waals surface area (Å²) in [5.41, 5.74) is 0.923. The van der Waals surface area contributed by atoms with Gasteiger partial charge in [-0.2, -0.15) is 0 Å². The first-order valence-electron chi connectivity index (χ1n) is 6.68. The van der Waals surface area contributed by atoms with Gasteiger partial charge in [-0.1, -0.05) is 19.9 Å². The second kappa shape index (κ2) is 8.53. The van der Waals surface area contributed by atoms with Crippen LogP contribution in [0.5, 0.6) is 5.75 Å². The fourth-order valence-corrected chi connectivity index (χ4v) is 1.85. The third-order valence-corrected chi connectivity index (χ3v) is 3.08. The van der Waals surface area contributed by atoms with Crippen molar-refractivity contribution in [2.45, 2.75) is 26.3 Å². The number of halogens is 1. The molecular formula is C15H22FNO3. The number of nitrogens with one attached hydrogen (secondary N) is 1. The van der Waals surface area contributed by atoms with E-state index in [1.165, 1.54) is 6.07 Å². The molecule has 4 nitrogen and oxygen atoms in total. The Morgan fingerprint density at radius 3 is 2.70 bits per heavy atom. The zero-order chi connectivity index (χ0) is 15.0. The molecule has 1 rings (SSSR count). The van der Waals surface area contributed by atoms with Crippen LogP contribution in [0.1, 0.15) is 19.4 Å². The Morgan fingerprint density at radius 2 is 2.10 bits per heavy atom. The van der Waals surface area contributed by atoms with E-state index in [0.717, 1.165) is 5.56 Å². The highest BCUT2D eigenvalue weighted by Gasteiger charge is 2.14. The van der Waals surface area contributed by atoms with Crippen molar-refractivity contribution < 1.29 is 18.7 Å². The Balaban J connectivity index is 2.74. The number of carbonyl (C=O) groups is 1. The Labute approximate surface area is 119 Å². The minimum absolute atomic E-state index is 0.0183. The number of carbonyl (C=O) groups excluding carboxylic acids is 1. The van der Waals surface area contributed by atoms with Gasteiger partial charge in [0.15, 0.2) is 11.6 Å². The molecule has 5 heteroatoms. The molecule has 0 aliphatic rings. The van der Waals surface area contributed by atoms with Crippen LogP contribution in [0.15, 0.2) is 18.2 Å². The lowest BCUT2D eigenvalue weighted by atomic mass is 9.96. The molecule has 1 N–H and O–H groups in total. The molecule has 0 aliphatic carbocycles. The smallest absolute Gasteiger partial charge is 0.207 e. The van der Waals surface area contributed by atoms with Crippen molar-refractivity contribution in [1.29, 1.82) is 0 Å². The molecule has 1 atom stereocenters.